The Bertz CT molecular complexity index is 1060. The number of benzene rings is 3. The number of nitrogens with one attached hydrogen (secondary N) is 3. The fourth-order valence-electron chi connectivity index (χ4n) is 2.62. The van der Waals surface area contributed by atoms with Crippen LogP contribution in [-0.2, 0) is 4.79 Å². The van der Waals surface area contributed by atoms with Gasteiger partial charge in [0.2, 0.25) is 0 Å². The molecule has 0 radical (unpaired) electrons. The molecule has 0 heterocycles. The van der Waals surface area contributed by atoms with Gasteiger partial charge in [-0.3, -0.25) is 20.3 Å². The molecular weight excluding hydrogens is 376 g/mol. The molecule has 0 saturated carbocycles. The fraction of sp³-hybridized carbons (Fsp3) is 0.100. The van der Waals surface area contributed by atoms with Crippen molar-refractivity contribution in [3.05, 3.63) is 76.8 Å². The molecule has 0 saturated heterocycles. The highest BCUT2D eigenvalue weighted by Gasteiger charge is 2.17. The van der Waals surface area contributed by atoms with Gasteiger partial charge in [-0.2, -0.15) is 0 Å². The number of hydrogen-bond acceptors (Lipinski definition) is 5. The van der Waals surface area contributed by atoms with E-state index in [9.17, 15) is 19.7 Å². The molecule has 3 N–H and O–H groups in total. The average Bonchev–Trinajstić information content (AvgIpc) is 2.72. The van der Waals surface area contributed by atoms with Gasteiger partial charge in [0.15, 0.2) is 6.10 Å². The van der Waals surface area contributed by atoms with E-state index < -0.39 is 23.0 Å². The van der Waals surface area contributed by atoms with Crippen molar-refractivity contribution in [2.75, 3.05) is 5.32 Å². The molecule has 1 atom stereocenters. The summed E-state index contributed by atoms with van der Waals surface area (Å²) >= 11 is 0. The normalized spacial score (nSPS) is 11.3. The molecule has 3 amide bonds. The van der Waals surface area contributed by atoms with Crippen LogP contribution in [0.25, 0.3) is 10.8 Å². The smallest absolute Gasteiger partial charge is 0.337 e. The Kier molecular flexibility index (Phi) is 5.88. The minimum absolute atomic E-state index is 0.163. The lowest BCUT2D eigenvalue weighted by atomic mass is 10.1. The van der Waals surface area contributed by atoms with Crippen LogP contribution < -0.4 is 20.9 Å². The number of rotatable bonds is 5. The zero-order valence-electron chi connectivity index (χ0n) is 15.4. The van der Waals surface area contributed by atoms with Gasteiger partial charge in [0.1, 0.15) is 5.75 Å². The third-order valence-electron chi connectivity index (χ3n) is 4.04. The van der Waals surface area contributed by atoms with Gasteiger partial charge in [0, 0.05) is 23.2 Å². The lowest BCUT2D eigenvalue weighted by molar-refractivity contribution is -0.384. The van der Waals surface area contributed by atoms with Crippen molar-refractivity contribution in [2.45, 2.75) is 13.0 Å². The molecule has 0 aliphatic rings. The van der Waals surface area contributed by atoms with Gasteiger partial charge in [-0.1, -0.05) is 42.5 Å². The molecule has 0 bridgehead atoms. The molecule has 0 unspecified atom stereocenters. The predicted molar refractivity (Wildman–Crippen MR) is 107 cm³/mol. The quantitative estimate of drug-likeness (QED) is 0.452. The Balaban J connectivity index is 1.55. The van der Waals surface area contributed by atoms with E-state index in [-0.39, 0.29) is 11.4 Å². The van der Waals surface area contributed by atoms with E-state index in [2.05, 4.69) is 16.2 Å². The summed E-state index contributed by atoms with van der Waals surface area (Å²) in [4.78, 5) is 34.3. The van der Waals surface area contributed by atoms with Gasteiger partial charge in [0.25, 0.3) is 11.6 Å². The van der Waals surface area contributed by atoms with Gasteiger partial charge in [-0.15, -0.1) is 0 Å². The van der Waals surface area contributed by atoms with Crippen molar-refractivity contribution in [3.8, 4) is 5.75 Å². The molecule has 3 aromatic carbocycles. The Labute approximate surface area is 165 Å². The first kappa shape index (κ1) is 19.6. The summed E-state index contributed by atoms with van der Waals surface area (Å²) in [6, 6.07) is 17.8. The van der Waals surface area contributed by atoms with E-state index in [1.807, 2.05) is 36.4 Å². The second-order valence-electron chi connectivity index (χ2n) is 6.11. The largest absolute Gasteiger partial charge is 0.480 e. The first-order chi connectivity index (χ1) is 13.9. The number of nitrogens with zero attached hydrogens (tertiary/aromatic N) is 1. The molecule has 0 aliphatic heterocycles. The van der Waals surface area contributed by atoms with Gasteiger partial charge in [-0.05, 0) is 24.4 Å². The molecule has 29 heavy (non-hydrogen) atoms. The van der Waals surface area contributed by atoms with Crippen LogP contribution in [0.4, 0.5) is 16.2 Å². The topological polar surface area (TPSA) is 123 Å². The van der Waals surface area contributed by atoms with E-state index >= 15 is 0 Å². The number of hydrogen-bond donors (Lipinski definition) is 3. The highest BCUT2D eigenvalue weighted by molar-refractivity contribution is 5.92. The van der Waals surface area contributed by atoms with E-state index in [0.717, 1.165) is 10.8 Å². The third-order valence-corrected chi connectivity index (χ3v) is 4.04. The average molecular weight is 394 g/mol. The van der Waals surface area contributed by atoms with Crippen molar-refractivity contribution in [3.63, 3.8) is 0 Å². The number of hydrazine groups is 1. The van der Waals surface area contributed by atoms with Crippen LogP contribution in [0.2, 0.25) is 0 Å². The highest BCUT2D eigenvalue weighted by Crippen LogP contribution is 2.26. The number of ether oxygens (including phenoxy) is 1. The molecule has 3 aromatic rings. The summed E-state index contributed by atoms with van der Waals surface area (Å²) in [6.45, 7) is 1.55. The summed E-state index contributed by atoms with van der Waals surface area (Å²) in [5, 5.41) is 15.0. The first-order valence-electron chi connectivity index (χ1n) is 8.70. The Morgan fingerprint density at radius 2 is 1.72 bits per heavy atom. The van der Waals surface area contributed by atoms with Gasteiger partial charge >= 0.3 is 6.03 Å². The van der Waals surface area contributed by atoms with E-state index in [1.54, 1.807) is 13.0 Å². The van der Waals surface area contributed by atoms with Crippen molar-refractivity contribution >= 4 is 34.1 Å². The number of carbonyl (C=O) groups is 2. The van der Waals surface area contributed by atoms with Crippen molar-refractivity contribution in [2.24, 2.45) is 0 Å². The van der Waals surface area contributed by atoms with Gasteiger partial charge in [0.05, 0.1) is 4.92 Å². The maximum Gasteiger partial charge on any atom is 0.337 e. The molecular formula is C20H18N4O5. The number of non-ortho nitro benzene ring substituents is 1. The standard InChI is InChI=1S/C20H18N4O5/c1-13(29-18-11-4-7-14-6-2-3-10-17(14)18)19(25)22-23-20(26)21-15-8-5-9-16(12-15)24(27)28/h2-13H,1H3,(H,22,25)(H2,21,23,26)/t13-/m0/s1. The third kappa shape index (κ3) is 4.98. The Hall–Kier alpha value is -4.14. The van der Waals surface area contributed by atoms with Crippen LogP contribution in [0, 0.1) is 10.1 Å². The summed E-state index contributed by atoms with van der Waals surface area (Å²) in [5.74, 6) is -0.0149. The number of nitro groups is 1. The Morgan fingerprint density at radius 1 is 1.00 bits per heavy atom. The maximum absolute atomic E-state index is 12.2. The molecule has 0 aliphatic carbocycles. The molecule has 9 nitrogen and oxygen atoms in total. The second kappa shape index (κ2) is 8.70. The van der Waals surface area contributed by atoms with Crippen molar-refractivity contribution < 1.29 is 19.2 Å². The number of amides is 3. The van der Waals surface area contributed by atoms with Crippen LogP contribution in [0.3, 0.4) is 0 Å². The van der Waals surface area contributed by atoms with Crippen LogP contribution in [-0.4, -0.2) is 23.0 Å². The van der Waals surface area contributed by atoms with Crippen LogP contribution in [0.1, 0.15) is 6.92 Å². The summed E-state index contributed by atoms with van der Waals surface area (Å²) in [6.07, 6.45) is -0.876. The maximum atomic E-state index is 12.2. The SMILES string of the molecule is C[C@H](Oc1cccc2ccccc12)C(=O)NNC(=O)Nc1cccc([N+](=O)[O-])c1. The summed E-state index contributed by atoms with van der Waals surface area (Å²) in [5.41, 5.74) is 4.48. The van der Waals surface area contributed by atoms with E-state index in [1.165, 1.54) is 24.3 Å². The molecule has 0 spiro atoms. The lowest BCUT2D eigenvalue weighted by Crippen LogP contribution is -2.48. The number of urea groups is 1. The Morgan fingerprint density at radius 3 is 2.52 bits per heavy atom. The number of fused-ring (bicyclic) bond motifs is 1. The van der Waals surface area contributed by atoms with Gasteiger partial charge < -0.3 is 10.1 Å². The van der Waals surface area contributed by atoms with E-state index in [0.29, 0.717) is 5.75 Å². The molecule has 148 valence electrons. The summed E-state index contributed by atoms with van der Waals surface area (Å²) in [7, 11) is 0. The monoisotopic (exact) mass is 394 g/mol. The zero-order valence-corrected chi connectivity index (χ0v) is 15.4. The zero-order chi connectivity index (χ0) is 20.8. The summed E-state index contributed by atoms with van der Waals surface area (Å²) < 4.78 is 5.72. The molecule has 0 fully saturated rings. The fourth-order valence-corrected chi connectivity index (χ4v) is 2.62. The lowest BCUT2D eigenvalue weighted by Gasteiger charge is -2.16. The van der Waals surface area contributed by atoms with Crippen LogP contribution >= 0.6 is 0 Å². The molecule has 9 heteroatoms. The number of nitro benzene ring substituents is 1. The highest BCUT2D eigenvalue weighted by atomic mass is 16.6. The van der Waals surface area contributed by atoms with Crippen LogP contribution in [0.5, 0.6) is 5.75 Å². The predicted octanol–water partition coefficient (Wildman–Crippen LogP) is 3.37. The minimum Gasteiger partial charge on any atom is -0.480 e. The minimum atomic E-state index is -0.876. The first-order valence-corrected chi connectivity index (χ1v) is 8.70. The van der Waals surface area contributed by atoms with Crippen molar-refractivity contribution in [1.29, 1.82) is 0 Å². The van der Waals surface area contributed by atoms with Gasteiger partial charge in [-0.25, -0.2) is 10.2 Å². The number of anilines is 1. The number of carbonyl (C=O) groups excluding carboxylic acids is 2. The van der Waals surface area contributed by atoms with Crippen LogP contribution in [0.15, 0.2) is 66.7 Å². The van der Waals surface area contributed by atoms with E-state index in [4.69, 9.17) is 4.74 Å². The van der Waals surface area contributed by atoms with Crippen molar-refractivity contribution in [1.82, 2.24) is 10.9 Å². The molecule has 0 aromatic heterocycles. The second-order valence-corrected chi connectivity index (χ2v) is 6.11. The molecule has 3 rings (SSSR count).